The number of aryl methyl sites for hydroxylation is 1. The fourth-order valence-electron chi connectivity index (χ4n) is 2.87. The van der Waals surface area contributed by atoms with Crippen molar-refractivity contribution < 1.29 is 4.79 Å². The van der Waals surface area contributed by atoms with Crippen LogP contribution in [0.15, 0.2) is 71.1 Å². The molecule has 3 aromatic carbocycles. The molecule has 0 saturated heterocycles. The molecular formula is C21H17N3OS2. The average Bonchev–Trinajstić information content (AvgIpc) is 3.14. The van der Waals surface area contributed by atoms with Crippen molar-refractivity contribution in [1.29, 1.82) is 0 Å². The van der Waals surface area contributed by atoms with Gasteiger partial charge in [-0.25, -0.2) is 0 Å². The predicted molar refractivity (Wildman–Crippen MR) is 113 cm³/mol. The summed E-state index contributed by atoms with van der Waals surface area (Å²) < 4.78 is 0.836. The van der Waals surface area contributed by atoms with Crippen molar-refractivity contribution >= 4 is 44.9 Å². The van der Waals surface area contributed by atoms with E-state index < -0.39 is 0 Å². The van der Waals surface area contributed by atoms with Crippen LogP contribution in [0.25, 0.3) is 10.8 Å². The molecule has 1 N–H and O–H groups in total. The second kappa shape index (κ2) is 7.90. The van der Waals surface area contributed by atoms with Crippen molar-refractivity contribution in [3.8, 4) is 0 Å². The Labute approximate surface area is 165 Å². The first-order chi connectivity index (χ1) is 13.2. The van der Waals surface area contributed by atoms with E-state index in [0.717, 1.165) is 15.7 Å². The molecule has 4 nitrogen and oxygen atoms in total. The number of amides is 1. The topological polar surface area (TPSA) is 54.9 Å². The van der Waals surface area contributed by atoms with Gasteiger partial charge in [0.15, 0.2) is 4.34 Å². The Kier molecular flexibility index (Phi) is 5.18. The number of carbonyl (C=O) groups is 1. The largest absolute Gasteiger partial charge is 0.296 e. The Hall–Kier alpha value is -2.70. The zero-order valence-corrected chi connectivity index (χ0v) is 16.3. The quantitative estimate of drug-likeness (QED) is 0.358. The second-order valence-electron chi connectivity index (χ2n) is 6.07. The molecule has 0 fully saturated rings. The highest BCUT2D eigenvalue weighted by Gasteiger charge is 2.12. The predicted octanol–water partition coefficient (Wildman–Crippen LogP) is 5.54. The highest BCUT2D eigenvalue weighted by Crippen LogP contribution is 2.31. The van der Waals surface area contributed by atoms with E-state index in [1.807, 2.05) is 37.3 Å². The van der Waals surface area contributed by atoms with Gasteiger partial charge in [0, 0.05) is 11.3 Å². The van der Waals surface area contributed by atoms with Crippen molar-refractivity contribution in [2.24, 2.45) is 0 Å². The maximum atomic E-state index is 12.4. The molecule has 4 rings (SSSR count). The second-order valence-corrected chi connectivity index (χ2v) is 8.27. The molecule has 134 valence electrons. The van der Waals surface area contributed by atoms with Gasteiger partial charge in [-0.2, -0.15) is 0 Å². The summed E-state index contributed by atoms with van der Waals surface area (Å²) in [7, 11) is 0. The number of hydrogen-bond acceptors (Lipinski definition) is 5. The molecule has 0 aliphatic carbocycles. The Morgan fingerprint density at radius 1 is 1.00 bits per heavy atom. The number of hydrogen-bond donors (Lipinski definition) is 1. The van der Waals surface area contributed by atoms with E-state index in [1.54, 1.807) is 11.8 Å². The maximum Gasteiger partial charge on any atom is 0.257 e. The zero-order chi connectivity index (χ0) is 18.6. The third kappa shape index (κ3) is 4.02. The molecule has 0 aliphatic heterocycles. The van der Waals surface area contributed by atoms with Crippen LogP contribution in [0.2, 0.25) is 0 Å². The number of benzene rings is 3. The van der Waals surface area contributed by atoms with Crippen LogP contribution < -0.4 is 5.32 Å². The Balaban J connectivity index is 1.44. The van der Waals surface area contributed by atoms with E-state index in [0.29, 0.717) is 10.7 Å². The van der Waals surface area contributed by atoms with Crippen LogP contribution in [-0.2, 0) is 5.75 Å². The number of aromatic nitrogens is 2. The number of thioether (sulfide) groups is 1. The van der Waals surface area contributed by atoms with Gasteiger partial charge < -0.3 is 0 Å². The van der Waals surface area contributed by atoms with Crippen LogP contribution in [0.3, 0.4) is 0 Å². The molecule has 1 aromatic heterocycles. The van der Waals surface area contributed by atoms with Gasteiger partial charge in [-0.3, -0.25) is 10.1 Å². The summed E-state index contributed by atoms with van der Waals surface area (Å²) in [6.07, 6.45) is 0. The molecule has 0 radical (unpaired) electrons. The molecule has 0 spiro atoms. The van der Waals surface area contributed by atoms with Gasteiger partial charge in [0.25, 0.3) is 5.91 Å². The van der Waals surface area contributed by atoms with Gasteiger partial charge in [-0.05, 0) is 34.9 Å². The molecular weight excluding hydrogens is 374 g/mol. The summed E-state index contributed by atoms with van der Waals surface area (Å²) in [5.74, 6) is 0.650. The first-order valence-corrected chi connectivity index (χ1v) is 10.3. The lowest BCUT2D eigenvalue weighted by Gasteiger charge is -2.05. The smallest absolute Gasteiger partial charge is 0.257 e. The molecule has 1 amide bonds. The van der Waals surface area contributed by atoms with Crippen LogP contribution in [0.5, 0.6) is 0 Å². The molecule has 4 aromatic rings. The van der Waals surface area contributed by atoms with Crippen LogP contribution in [0, 0.1) is 6.92 Å². The summed E-state index contributed by atoms with van der Waals surface area (Å²) in [4.78, 5) is 12.4. The Morgan fingerprint density at radius 2 is 1.78 bits per heavy atom. The summed E-state index contributed by atoms with van der Waals surface area (Å²) in [6, 6.07) is 22.2. The number of carbonyl (C=O) groups excluding carboxylic acids is 1. The van der Waals surface area contributed by atoms with Crippen molar-refractivity contribution in [1.82, 2.24) is 10.2 Å². The standard InChI is InChI=1S/C21H17N3OS2/c1-14-7-2-4-11-17(14)19(25)22-20-23-24-21(27-20)26-13-16-10-6-9-15-8-3-5-12-18(15)16/h2-12H,13H2,1H3,(H,22,23,25). The van der Waals surface area contributed by atoms with Gasteiger partial charge in [-0.15, -0.1) is 10.2 Å². The molecule has 1 heterocycles. The van der Waals surface area contributed by atoms with Crippen molar-refractivity contribution in [3.63, 3.8) is 0 Å². The number of nitrogens with one attached hydrogen (secondary N) is 1. The minimum absolute atomic E-state index is 0.158. The first kappa shape index (κ1) is 17.7. The number of fused-ring (bicyclic) bond motifs is 1. The Bertz CT molecular complexity index is 1100. The van der Waals surface area contributed by atoms with Crippen molar-refractivity contribution in [3.05, 3.63) is 83.4 Å². The summed E-state index contributed by atoms with van der Waals surface area (Å²) in [6.45, 7) is 1.92. The van der Waals surface area contributed by atoms with Crippen LogP contribution in [0.1, 0.15) is 21.5 Å². The summed E-state index contributed by atoms with van der Waals surface area (Å²) in [5, 5.41) is 14.1. The van der Waals surface area contributed by atoms with Crippen molar-refractivity contribution in [2.75, 3.05) is 5.32 Å². The molecule has 0 unspecified atom stereocenters. The van der Waals surface area contributed by atoms with E-state index in [9.17, 15) is 4.79 Å². The van der Waals surface area contributed by atoms with Gasteiger partial charge >= 0.3 is 0 Å². The molecule has 0 bridgehead atoms. The van der Waals surface area contributed by atoms with E-state index in [-0.39, 0.29) is 5.91 Å². The van der Waals surface area contributed by atoms with Gasteiger partial charge in [0.2, 0.25) is 5.13 Å². The SMILES string of the molecule is Cc1ccccc1C(=O)Nc1nnc(SCc2cccc3ccccc23)s1. The Morgan fingerprint density at radius 3 is 2.67 bits per heavy atom. The summed E-state index contributed by atoms with van der Waals surface area (Å²) in [5.41, 5.74) is 2.85. The number of anilines is 1. The van der Waals surface area contributed by atoms with E-state index in [2.05, 4.69) is 51.9 Å². The molecule has 27 heavy (non-hydrogen) atoms. The van der Waals surface area contributed by atoms with E-state index in [1.165, 1.54) is 27.7 Å². The van der Waals surface area contributed by atoms with E-state index >= 15 is 0 Å². The van der Waals surface area contributed by atoms with Gasteiger partial charge in [0.05, 0.1) is 0 Å². The third-order valence-electron chi connectivity index (χ3n) is 4.25. The zero-order valence-electron chi connectivity index (χ0n) is 14.7. The molecule has 6 heteroatoms. The molecule has 0 aliphatic rings. The molecule has 0 atom stereocenters. The van der Waals surface area contributed by atoms with Crippen LogP contribution in [0.4, 0.5) is 5.13 Å². The summed E-state index contributed by atoms with van der Waals surface area (Å²) >= 11 is 3.02. The lowest BCUT2D eigenvalue weighted by atomic mass is 10.1. The van der Waals surface area contributed by atoms with Gasteiger partial charge in [0.1, 0.15) is 0 Å². The highest BCUT2D eigenvalue weighted by atomic mass is 32.2. The average molecular weight is 392 g/mol. The monoisotopic (exact) mass is 391 g/mol. The normalized spacial score (nSPS) is 10.9. The van der Waals surface area contributed by atoms with Crippen LogP contribution in [-0.4, -0.2) is 16.1 Å². The minimum Gasteiger partial charge on any atom is -0.296 e. The molecule has 0 saturated carbocycles. The van der Waals surface area contributed by atoms with Crippen molar-refractivity contribution in [2.45, 2.75) is 17.0 Å². The lowest BCUT2D eigenvalue weighted by molar-refractivity contribution is 0.102. The third-order valence-corrected chi connectivity index (χ3v) is 6.27. The fraction of sp³-hybridized carbons (Fsp3) is 0.0952. The maximum absolute atomic E-state index is 12.4. The highest BCUT2D eigenvalue weighted by molar-refractivity contribution is 8.00. The van der Waals surface area contributed by atoms with Crippen LogP contribution >= 0.6 is 23.1 Å². The lowest BCUT2D eigenvalue weighted by Crippen LogP contribution is -2.12. The van der Waals surface area contributed by atoms with E-state index in [4.69, 9.17) is 0 Å². The first-order valence-electron chi connectivity index (χ1n) is 8.50. The fourth-order valence-corrected chi connectivity index (χ4v) is 4.62. The number of rotatable bonds is 5. The van der Waals surface area contributed by atoms with Gasteiger partial charge in [-0.1, -0.05) is 83.8 Å². The minimum atomic E-state index is -0.158. The number of nitrogens with zero attached hydrogens (tertiary/aromatic N) is 2.